The Morgan fingerprint density at radius 3 is 2.67 bits per heavy atom. The van der Waals surface area contributed by atoms with Crippen molar-refractivity contribution in [1.29, 1.82) is 0 Å². The van der Waals surface area contributed by atoms with E-state index in [1.807, 2.05) is 24.3 Å². The molecule has 0 bridgehead atoms. The van der Waals surface area contributed by atoms with E-state index >= 15 is 0 Å². The molecular formula is C18H16F2O. The number of hydrogen-bond acceptors (Lipinski definition) is 1. The molecule has 1 nitrogen and oxygen atoms in total. The van der Waals surface area contributed by atoms with Gasteiger partial charge in [-0.1, -0.05) is 30.3 Å². The minimum atomic E-state index is -0.853. The molecule has 3 heteroatoms. The molecule has 0 aliphatic heterocycles. The van der Waals surface area contributed by atoms with Crippen LogP contribution in [0.3, 0.4) is 0 Å². The molecule has 3 rings (SSSR count). The van der Waals surface area contributed by atoms with Crippen molar-refractivity contribution in [3.05, 3.63) is 70.8 Å². The molecule has 0 fully saturated rings. The number of Topliss-reactive ketones (excluding diaryl/α,β-unsaturated/α-hetero) is 1. The van der Waals surface area contributed by atoms with Gasteiger partial charge >= 0.3 is 0 Å². The fourth-order valence-corrected chi connectivity index (χ4v) is 3.01. The molecule has 1 aliphatic rings. The fraction of sp³-hybridized carbons (Fsp3) is 0.278. The van der Waals surface area contributed by atoms with E-state index in [1.165, 1.54) is 6.07 Å². The molecule has 1 atom stereocenters. The highest BCUT2D eigenvalue weighted by Crippen LogP contribution is 2.27. The minimum Gasteiger partial charge on any atom is -0.294 e. The molecule has 0 heterocycles. The first-order chi connectivity index (χ1) is 10.1. The van der Waals surface area contributed by atoms with Gasteiger partial charge in [0, 0.05) is 11.5 Å². The van der Waals surface area contributed by atoms with Crippen LogP contribution in [0.15, 0.2) is 42.5 Å². The Kier molecular flexibility index (Phi) is 3.82. The van der Waals surface area contributed by atoms with Crippen LogP contribution in [0.1, 0.15) is 34.3 Å². The molecule has 21 heavy (non-hydrogen) atoms. The van der Waals surface area contributed by atoms with E-state index in [4.69, 9.17) is 0 Å². The molecule has 0 radical (unpaired) electrons. The molecule has 0 saturated heterocycles. The molecule has 1 unspecified atom stereocenters. The Hall–Kier alpha value is -2.03. The van der Waals surface area contributed by atoms with Gasteiger partial charge in [-0.3, -0.25) is 4.79 Å². The SMILES string of the molecule is O=C1c2ccccc2CCCC1Cc1ccc(F)c(F)c1. The van der Waals surface area contributed by atoms with Crippen molar-refractivity contribution < 1.29 is 13.6 Å². The zero-order valence-corrected chi connectivity index (χ0v) is 11.6. The van der Waals surface area contributed by atoms with Gasteiger partial charge in [-0.25, -0.2) is 8.78 Å². The lowest BCUT2D eigenvalue weighted by Crippen LogP contribution is -2.16. The van der Waals surface area contributed by atoms with E-state index in [9.17, 15) is 13.6 Å². The summed E-state index contributed by atoms with van der Waals surface area (Å²) < 4.78 is 26.3. The van der Waals surface area contributed by atoms with Crippen LogP contribution in [-0.2, 0) is 12.8 Å². The molecule has 0 saturated carbocycles. The summed E-state index contributed by atoms with van der Waals surface area (Å²) in [6.45, 7) is 0. The summed E-state index contributed by atoms with van der Waals surface area (Å²) in [5.41, 5.74) is 2.55. The van der Waals surface area contributed by atoms with Gasteiger partial charge in [-0.05, 0) is 48.9 Å². The Balaban J connectivity index is 1.85. The lowest BCUT2D eigenvalue weighted by Gasteiger charge is -2.14. The van der Waals surface area contributed by atoms with Crippen LogP contribution in [0.4, 0.5) is 8.78 Å². The second-order valence-electron chi connectivity index (χ2n) is 5.56. The zero-order valence-electron chi connectivity index (χ0n) is 11.6. The highest BCUT2D eigenvalue weighted by Gasteiger charge is 2.25. The molecule has 0 spiro atoms. The number of halogens is 2. The Morgan fingerprint density at radius 2 is 1.86 bits per heavy atom. The topological polar surface area (TPSA) is 17.1 Å². The monoisotopic (exact) mass is 286 g/mol. The molecule has 0 amide bonds. The number of hydrogen-bond donors (Lipinski definition) is 0. The summed E-state index contributed by atoms with van der Waals surface area (Å²) in [5, 5.41) is 0. The van der Waals surface area contributed by atoms with Crippen molar-refractivity contribution in [3.63, 3.8) is 0 Å². The predicted molar refractivity (Wildman–Crippen MR) is 77.3 cm³/mol. The van der Waals surface area contributed by atoms with E-state index in [0.717, 1.165) is 36.5 Å². The summed E-state index contributed by atoms with van der Waals surface area (Å²) in [6, 6.07) is 11.6. The Labute approximate surface area is 122 Å². The van der Waals surface area contributed by atoms with E-state index in [-0.39, 0.29) is 11.7 Å². The van der Waals surface area contributed by atoms with Gasteiger partial charge in [0.05, 0.1) is 0 Å². The Bertz CT molecular complexity index is 679. The molecule has 1 aliphatic carbocycles. The number of rotatable bonds is 2. The van der Waals surface area contributed by atoms with Gasteiger partial charge in [0.1, 0.15) is 0 Å². The first-order valence-electron chi connectivity index (χ1n) is 7.21. The van der Waals surface area contributed by atoms with Crippen molar-refractivity contribution in [2.24, 2.45) is 5.92 Å². The highest BCUT2D eigenvalue weighted by atomic mass is 19.2. The third-order valence-electron chi connectivity index (χ3n) is 4.12. The molecular weight excluding hydrogens is 270 g/mol. The van der Waals surface area contributed by atoms with Crippen LogP contribution in [0, 0.1) is 17.6 Å². The fourth-order valence-electron chi connectivity index (χ4n) is 3.01. The van der Waals surface area contributed by atoms with E-state index in [1.54, 1.807) is 6.07 Å². The molecule has 108 valence electrons. The van der Waals surface area contributed by atoms with Crippen LogP contribution < -0.4 is 0 Å². The third-order valence-corrected chi connectivity index (χ3v) is 4.12. The number of fused-ring (bicyclic) bond motifs is 1. The quantitative estimate of drug-likeness (QED) is 0.750. The van der Waals surface area contributed by atoms with Gasteiger partial charge in [-0.15, -0.1) is 0 Å². The highest BCUT2D eigenvalue weighted by molar-refractivity contribution is 5.99. The average Bonchev–Trinajstić information content (AvgIpc) is 2.64. The van der Waals surface area contributed by atoms with Crippen molar-refractivity contribution in [2.75, 3.05) is 0 Å². The lowest BCUT2D eigenvalue weighted by molar-refractivity contribution is 0.0915. The van der Waals surface area contributed by atoms with Crippen LogP contribution >= 0.6 is 0 Å². The second-order valence-corrected chi connectivity index (χ2v) is 5.56. The van der Waals surface area contributed by atoms with E-state index in [2.05, 4.69) is 0 Å². The van der Waals surface area contributed by atoms with E-state index < -0.39 is 11.6 Å². The van der Waals surface area contributed by atoms with Gasteiger partial charge in [-0.2, -0.15) is 0 Å². The second kappa shape index (κ2) is 5.76. The van der Waals surface area contributed by atoms with Gasteiger partial charge in [0.2, 0.25) is 0 Å². The van der Waals surface area contributed by atoms with Crippen molar-refractivity contribution >= 4 is 5.78 Å². The molecule has 0 N–H and O–H groups in total. The maximum absolute atomic E-state index is 13.3. The summed E-state index contributed by atoms with van der Waals surface area (Å²) in [5.74, 6) is -1.74. The van der Waals surface area contributed by atoms with Crippen molar-refractivity contribution in [3.8, 4) is 0 Å². The first-order valence-corrected chi connectivity index (χ1v) is 7.21. The summed E-state index contributed by atoms with van der Waals surface area (Å²) in [4.78, 5) is 12.6. The smallest absolute Gasteiger partial charge is 0.166 e. The largest absolute Gasteiger partial charge is 0.294 e. The number of carbonyl (C=O) groups excluding carboxylic acids is 1. The minimum absolute atomic E-state index is 0.118. The standard InChI is InChI=1S/C18H16F2O/c19-16-9-8-12(11-17(16)20)10-14-6-3-5-13-4-1-2-7-15(13)18(14)21/h1-2,4,7-9,11,14H,3,5-6,10H2. The van der Waals surface area contributed by atoms with Gasteiger partial charge in [0.25, 0.3) is 0 Å². The number of ketones is 1. The average molecular weight is 286 g/mol. The lowest BCUT2D eigenvalue weighted by atomic mass is 9.89. The summed E-state index contributed by atoms with van der Waals surface area (Å²) in [7, 11) is 0. The summed E-state index contributed by atoms with van der Waals surface area (Å²) in [6.07, 6.45) is 3.09. The number of carbonyl (C=O) groups is 1. The molecule has 2 aromatic carbocycles. The van der Waals surface area contributed by atoms with Crippen LogP contribution in [0.2, 0.25) is 0 Å². The van der Waals surface area contributed by atoms with Crippen molar-refractivity contribution in [2.45, 2.75) is 25.7 Å². The molecule has 0 aromatic heterocycles. The maximum Gasteiger partial charge on any atom is 0.166 e. The van der Waals surface area contributed by atoms with E-state index in [0.29, 0.717) is 12.0 Å². The number of aryl methyl sites for hydroxylation is 1. The maximum atomic E-state index is 13.3. The third kappa shape index (κ3) is 2.87. The van der Waals surface area contributed by atoms with Gasteiger partial charge in [0.15, 0.2) is 17.4 Å². The first kappa shape index (κ1) is 13.9. The van der Waals surface area contributed by atoms with Crippen LogP contribution in [-0.4, -0.2) is 5.78 Å². The summed E-state index contributed by atoms with van der Waals surface area (Å²) >= 11 is 0. The normalized spacial score (nSPS) is 18.2. The Morgan fingerprint density at radius 1 is 1.05 bits per heavy atom. The van der Waals surface area contributed by atoms with Gasteiger partial charge < -0.3 is 0 Å². The molecule has 2 aromatic rings. The zero-order chi connectivity index (χ0) is 14.8. The van der Waals surface area contributed by atoms with Crippen LogP contribution in [0.5, 0.6) is 0 Å². The van der Waals surface area contributed by atoms with Crippen LogP contribution in [0.25, 0.3) is 0 Å². The number of benzene rings is 2. The predicted octanol–water partition coefficient (Wildman–Crippen LogP) is 4.34. The van der Waals surface area contributed by atoms with Crippen molar-refractivity contribution in [1.82, 2.24) is 0 Å².